The second kappa shape index (κ2) is 7.69. The van der Waals surface area contributed by atoms with Gasteiger partial charge in [0, 0.05) is 24.2 Å². The van der Waals surface area contributed by atoms with Crippen molar-refractivity contribution in [2.45, 2.75) is 12.8 Å². The van der Waals surface area contributed by atoms with Crippen molar-refractivity contribution in [2.75, 3.05) is 22.9 Å². The van der Waals surface area contributed by atoms with Crippen molar-refractivity contribution >= 4 is 74.3 Å². The van der Waals surface area contributed by atoms with E-state index < -0.39 is 11.8 Å². The molecule has 0 unspecified atom stereocenters. The van der Waals surface area contributed by atoms with Crippen LogP contribution in [0.3, 0.4) is 0 Å². The van der Waals surface area contributed by atoms with Gasteiger partial charge in [-0.2, -0.15) is 0 Å². The fourth-order valence-electron chi connectivity index (χ4n) is 3.23. The van der Waals surface area contributed by atoms with Gasteiger partial charge in [0.1, 0.15) is 11.3 Å². The summed E-state index contributed by atoms with van der Waals surface area (Å²) in [5.74, 6) is 0.0103. The van der Waals surface area contributed by atoms with Crippen LogP contribution in [-0.2, 0) is 9.59 Å². The molecular weight excluding hydrogens is 466 g/mol. The molecule has 0 spiro atoms. The number of carbonyl (C=O) groups excluding carboxylic acids is 2. The number of benzene rings is 1. The Kier molecular flexibility index (Phi) is 5.27. The van der Waals surface area contributed by atoms with Crippen molar-refractivity contribution in [2.24, 2.45) is 0 Å². The molecular formula is C19H15BrClN3O3S. The van der Waals surface area contributed by atoms with Crippen LogP contribution in [-0.4, -0.2) is 30.0 Å². The van der Waals surface area contributed by atoms with E-state index in [9.17, 15) is 9.59 Å². The number of furan rings is 1. The van der Waals surface area contributed by atoms with Crippen molar-refractivity contribution < 1.29 is 14.0 Å². The first kappa shape index (κ1) is 19.2. The average molecular weight is 481 g/mol. The SMILES string of the molecule is O=C1NC(=S)N(c2cccc(Cl)c2)C(=O)/C1=C/c1cc(Br)c(N2CCCC2)o1. The lowest BCUT2D eigenvalue weighted by molar-refractivity contribution is -0.122. The van der Waals surface area contributed by atoms with Crippen LogP contribution < -0.4 is 15.1 Å². The summed E-state index contributed by atoms with van der Waals surface area (Å²) in [7, 11) is 0. The zero-order chi connectivity index (χ0) is 19.8. The summed E-state index contributed by atoms with van der Waals surface area (Å²) in [6, 6.07) is 8.45. The summed E-state index contributed by atoms with van der Waals surface area (Å²) in [5, 5.41) is 3.01. The van der Waals surface area contributed by atoms with Gasteiger partial charge in [0.05, 0.1) is 10.2 Å². The summed E-state index contributed by atoms with van der Waals surface area (Å²) in [5.41, 5.74) is 0.412. The van der Waals surface area contributed by atoms with Crippen LogP contribution >= 0.6 is 39.7 Å². The van der Waals surface area contributed by atoms with Gasteiger partial charge in [0.25, 0.3) is 11.8 Å². The standard InChI is InChI=1S/C19H15BrClN3O3S/c20-15-10-13(27-18(15)23-6-1-2-7-23)9-14-16(25)22-19(28)24(17(14)26)12-5-3-4-11(21)8-12/h3-5,8-10H,1-2,6-7H2,(H,22,25,28)/b14-9+. The molecule has 2 aliphatic rings. The molecule has 2 aromatic rings. The van der Waals surface area contributed by atoms with Crippen LogP contribution in [0, 0.1) is 0 Å². The number of nitrogens with zero attached hydrogens (tertiary/aromatic N) is 2. The first-order valence-corrected chi connectivity index (χ1v) is 10.2. The summed E-state index contributed by atoms with van der Waals surface area (Å²) in [4.78, 5) is 28.8. The smallest absolute Gasteiger partial charge is 0.270 e. The lowest BCUT2D eigenvalue weighted by atomic mass is 10.1. The number of rotatable bonds is 3. The predicted octanol–water partition coefficient (Wildman–Crippen LogP) is 4.13. The normalized spacial score (nSPS) is 18.9. The highest BCUT2D eigenvalue weighted by Gasteiger charge is 2.35. The quantitative estimate of drug-likeness (QED) is 0.407. The second-order valence-corrected chi connectivity index (χ2v) is 8.11. The van der Waals surface area contributed by atoms with Crippen LogP contribution in [0.1, 0.15) is 18.6 Å². The maximum absolute atomic E-state index is 13.0. The topological polar surface area (TPSA) is 65.8 Å². The van der Waals surface area contributed by atoms with E-state index in [1.807, 2.05) is 0 Å². The molecule has 0 aliphatic carbocycles. The zero-order valence-electron chi connectivity index (χ0n) is 14.6. The number of anilines is 2. The Morgan fingerprint density at radius 2 is 1.96 bits per heavy atom. The van der Waals surface area contributed by atoms with E-state index in [4.69, 9.17) is 28.2 Å². The minimum Gasteiger partial charge on any atom is -0.440 e. The molecule has 1 N–H and O–H groups in total. The summed E-state index contributed by atoms with van der Waals surface area (Å²) in [6.45, 7) is 1.83. The molecule has 0 radical (unpaired) electrons. The minimum absolute atomic E-state index is 0.00722. The number of amides is 2. The number of hydrogen-bond acceptors (Lipinski definition) is 5. The van der Waals surface area contributed by atoms with Gasteiger partial charge in [-0.15, -0.1) is 0 Å². The number of halogens is 2. The number of thiocarbonyl (C=S) groups is 1. The minimum atomic E-state index is -0.566. The number of carbonyl (C=O) groups is 2. The molecule has 2 saturated heterocycles. The highest BCUT2D eigenvalue weighted by atomic mass is 79.9. The Bertz CT molecular complexity index is 1010. The van der Waals surface area contributed by atoms with Gasteiger partial charge < -0.3 is 9.32 Å². The first-order valence-electron chi connectivity index (χ1n) is 8.65. The van der Waals surface area contributed by atoms with Crippen LogP contribution in [0.5, 0.6) is 0 Å². The average Bonchev–Trinajstić information content (AvgIpc) is 3.28. The van der Waals surface area contributed by atoms with Crippen LogP contribution in [0.4, 0.5) is 11.6 Å². The molecule has 9 heteroatoms. The van der Waals surface area contributed by atoms with Gasteiger partial charge in [-0.3, -0.25) is 19.8 Å². The van der Waals surface area contributed by atoms with Crippen LogP contribution in [0.15, 0.2) is 44.8 Å². The molecule has 6 nitrogen and oxygen atoms in total. The third-order valence-electron chi connectivity index (χ3n) is 4.54. The molecule has 0 saturated carbocycles. The molecule has 0 atom stereocenters. The Balaban J connectivity index is 1.68. The van der Waals surface area contributed by atoms with E-state index in [-0.39, 0.29) is 10.7 Å². The predicted molar refractivity (Wildman–Crippen MR) is 116 cm³/mol. The van der Waals surface area contributed by atoms with Gasteiger partial charge in [0.15, 0.2) is 5.11 Å². The van der Waals surface area contributed by atoms with Gasteiger partial charge in [-0.05, 0) is 65.3 Å². The van der Waals surface area contributed by atoms with Gasteiger partial charge in [-0.1, -0.05) is 17.7 Å². The molecule has 2 aliphatic heterocycles. The Morgan fingerprint density at radius 1 is 1.21 bits per heavy atom. The van der Waals surface area contributed by atoms with Crippen molar-refractivity contribution in [1.82, 2.24) is 5.32 Å². The molecule has 1 aromatic heterocycles. The van der Waals surface area contributed by atoms with Gasteiger partial charge >= 0.3 is 0 Å². The fraction of sp³-hybridized carbons (Fsp3) is 0.211. The fourth-order valence-corrected chi connectivity index (χ4v) is 4.26. The van der Waals surface area contributed by atoms with E-state index in [2.05, 4.69) is 26.1 Å². The Labute approximate surface area is 180 Å². The monoisotopic (exact) mass is 479 g/mol. The zero-order valence-corrected chi connectivity index (χ0v) is 17.7. The molecule has 3 heterocycles. The van der Waals surface area contributed by atoms with E-state index in [0.717, 1.165) is 30.4 Å². The highest BCUT2D eigenvalue weighted by molar-refractivity contribution is 9.10. The van der Waals surface area contributed by atoms with E-state index in [1.165, 1.54) is 11.0 Å². The summed E-state index contributed by atoms with van der Waals surface area (Å²) >= 11 is 14.7. The van der Waals surface area contributed by atoms with Crippen molar-refractivity contribution in [3.63, 3.8) is 0 Å². The molecule has 144 valence electrons. The molecule has 28 heavy (non-hydrogen) atoms. The van der Waals surface area contributed by atoms with Gasteiger partial charge in [0.2, 0.25) is 5.88 Å². The van der Waals surface area contributed by atoms with Crippen LogP contribution in [0.25, 0.3) is 6.08 Å². The van der Waals surface area contributed by atoms with Crippen molar-refractivity contribution in [3.05, 3.63) is 51.2 Å². The third-order valence-corrected chi connectivity index (χ3v) is 5.62. The highest BCUT2D eigenvalue weighted by Crippen LogP contribution is 2.34. The van der Waals surface area contributed by atoms with Crippen molar-refractivity contribution in [3.8, 4) is 0 Å². The van der Waals surface area contributed by atoms with E-state index >= 15 is 0 Å². The Morgan fingerprint density at radius 3 is 2.68 bits per heavy atom. The summed E-state index contributed by atoms with van der Waals surface area (Å²) in [6.07, 6.45) is 3.65. The van der Waals surface area contributed by atoms with E-state index in [0.29, 0.717) is 22.4 Å². The number of nitrogens with one attached hydrogen (secondary N) is 1. The van der Waals surface area contributed by atoms with Crippen LogP contribution in [0.2, 0.25) is 5.02 Å². The third kappa shape index (κ3) is 3.59. The largest absolute Gasteiger partial charge is 0.440 e. The molecule has 2 fully saturated rings. The van der Waals surface area contributed by atoms with E-state index in [1.54, 1.807) is 30.3 Å². The molecule has 4 rings (SSSR count). The Hall–Kier alpha value is -2.16. The lowest BCUT2D eigenvalue weighted by Crippen LogP contribution is -2.54. The summed E-state index contributed by atoms with van der Waals surface area (Å²) < 4.78 is 6.67. The van der Waals surface area contributed by atoms with Gasteiger partial charge in [-0.25, -0.2) is 0 Å². The molecule has 2 amide bonds. The second-order valence-electron chi connectivity index (χ2n) is 6.43. The lowest BCUT2D eigenvalue weighted by Gasteiger charge is -2.28. The first-order chi connectivity index (χ1) is 13.4. The maximum Gasteiger partial charge on any atom is 0.270 e. The molecule has 0 bridgehead atoms. The maximum atomic E-state index is 13.0. The molecule has 1 aromatic carbocycles. The van der Waals surface area contributed by atoms with Crippen molar-refractivity contribution in [1.29, 1.82) is 0 Å². The number of hydrogen-bond donors (Lipinski definition) is 1.